The second-order valence-corrected chi connectivity index (χ2v) is 4.09. The van der Waals surface area contributed by atoms with Crippen molar-refractivity contribution in [3.63, 3.8) is 0 Å². The average molecular weight is 260 g/mol. The van der Waals surface area contributed by atoms with Crippen LogP contribution in [0, 0.1) is 0 Å². The molecule has 2 aromatic rings. The molecule has 9 nitrogen and oxygen atoms in total. The number of nitrogens with two attached hydrogens (primary N) is 1. The van der Waals surface area contributed by atoms with Gasteiger partial charge in [-0.3, -0.25) is 0 Å². The van der Waals surface area contributed by atoms with Crippen molar-refractivity contribution in [1.29, 1.82) is 0 Å². The molecule has 0 fully saturated rings. The third-order valence-corrected chi connectivity index (χ3v) is 2.93. The molecule has 98 valence electrons. The van der Waals surface area contributed by atoms with Crippen molar-refractivity contribution >= 4 is 11.8 Å². The predicted molar refractivity (Wildman–Crippen MR) is 65.6 cm³/mol. The first kappa shape index (κ1) is 11.4. The van der Waals surface area contributed by atoms with Crippen molar-refractivity contribution in [3.8, 4) is 0 Å². The molecule has 0 aromatic carbocycles. The molecule has 1 aliphatic rings. The lowest BCUT2D eigenvalue weighted by molar-refractivity contribution is 0.318. The maximum atomic E-state index is 8.66. The molecular formula is C10H12N8O. The maximum absolute atomic E-state index is 8.66. The average Bonchev–Trinajstić information content (AvgIpc) is 2.94. The minimum atomic E-state index is -0.0381. The van der Waals surface area contributed by atoms with Gasteiger partial charge in [-0.2, -0.15) is 0 Å². The molecule has 0 amide bonds. The molecular weight excluding hydrogens is 248 g/mol. The van der Waals surface area contributed by atoms with Crippen molar-refractivity contribution in [2.24, 2.45) is 10.9 Å². The Kier molecular flexibility index (Phi) is 2.71. The van der Waals surface area contributed by atoms with Crippen LogP contribution < -0.4 is 10.6 Å². The predicted octanol–water partition coefficient (Wildman–Crippen LogP) is -0.817. The summed E-state index contributed by atoms with van der Waals surface area (Å²) in [6.45, 7) is 2.11. The van der Waals surface area contributed by atoms with E-state index in [4.69, 9.17) is 10.9 Å². The van der Waals surface area contributed by atoms with Crippen LogP contribution in [0.5, 0.6) is 0 Å². The molecule has 1 aliphatic heterocycles. The Balaban J connectivity index is 1.88. The van der Waals surface area contributed by atoms with Crippen LogP contribution in [-0.4, -0.2) is 42.3 Å². The first-order valence-corrected chi connectivity index (χ1v) is 5.70. The minimum Gasteiger partial charge on any atom is -0.409 e. The fourth-order valence-electron chi connectivity index (χ4n) is 1.93. The zero-order chi connectivity index (χ0) is 13.2. The Bertz CT molecular complexity index is 621. The highest BCUT2D eigenvalue weighted by Gasteiger charge is 2.20. The van der Waals surface area contributed by atoms with Crippen LogP contribution in [0.2, 0.25) is 0 Å². The van der Waals surface area contributed by atoms with Crippen LogP contribution in [0.25, 0.3) is 0 Å². The third kappa shape index (κ3) is 2.05. The summed E-state index contributed by atoms with van der Waals surface area (Å²) < 4.78 is 1.99. The second-order valence-electron chi connectivity index (χ2n) is 4.09. The fraction of sp³-hybridized carbons (Fsp3) is 0.300. The molecule has 0 radical (unpaired) electrons. The van der Waals surface area contributed by atoms with Crippen molar-refractivity contribution in [2.75, 3.05) is 11.4 Å². The van der Waals surface area contributed by atoms with E-state index in [0.29, 0.717) is 18.2 Å². The number of fused-ring (bicyclic) bond motifs is 1. The molecule has 0 aliphatic carbocycles. The summed E-state index contributed by atoms with van der Waals surface area (Å²) in [6, 6.07) is 1.59. The highest BCUT2D eigenvalue weighted by Crippen LogP contribution is 2.15. The van der Waals surface area contributed by atoms with Crippen LogP contribution in [-0.2, 0) is 13.1 Å². The summed E-state index contributed by atoms with van der Waals surface area (Å²) in [5.41, 5.74) is 5.91. The highest BCUT2D eigenvalue weighted by atomic mass is 16.4. The number of aromatic nitrogens is 5. The molecule has 0 unspecified atom stereocenters. The number of hydrogen-bond donors (Lipinski definition) is 2. The summed E-state index contributed by atoms with van der Waals surface area (Å²) in [7, 11) is 0. The van der Waals surface area contributed by atoms with Gasteiger partial charge in [-0.25, -0.2) is 9.97 Å². The fourth-order valence-corrected chi connectivity index (χ4v) is 1.93. The summed E-state index contributed by atoms with van der Waals surface area (Å²) in [5, 5.41) is 19.5. The summed E-state index contributed by atoms with van der Waals surface area (Å²) >= 11 is 0. The minimum absolute atomic E-state index is 0.0381. The second kappa shape index (κ2) is 4.52. The molecule has 0 spiro atoms. The largest absolute Gasteiger partial charge is 0.409 e. The van der Waals surface area contributed by atoms with E-state index in [9.17, 15) is 0 Å². The topological polar surface area (TPSA) is 118 Å². The van der Waals surface area contributed by atoms with Gasteiger partial charge >= 0.3 is 0 Å². The third-order valence-electron chi connectivity index (χ3n) is 2.93. The van der Waals surface area contributed by atoms with Gasteiger partial charge in [0.15, 0.2) is 11.7 Å². The monoisotopic (exact) mass is 260 g/mol. The van der Waals surface area contributed by atoms with E-state index in [1.54, 1.807) is 18.6 Å². The van der Waals surface area contributed by atoms with Crippen LogP contribution in [0.15, 0.2) is 23.7 Å². The van der Waals surface area contributed by atoms with Gasteiger partial charge in [0, 0.05) is 19.3 Å². The number of oxime groups is 1. The molecule has 0 saturated heterocycles. The first-order chi connectivity index (χ1) is 9.28. The van der Waals surface area contributed by atoms with Gasteiger partial charge in [0.05, 0.1) is 6.54 Å². The lowest BCUT2D eigenvalue weighted by atomic mass is 10.3. The van der Waals surface area contributed by atoms with Crippen molar-refractivity contribution < 1.29 is 5.21 Å². The van der Waals surface area contributed by atoms with Gasteiger partial charge < -0.3 is 20.4 Å². The summed E-state index contributed by atoms with van der Waals surface area (Å²) in [5.74, 6) is 1.35. The molecule has 19 heavy (non-hydrogen) atoms. The van der Waals surface area contributed by atoms with E-state index in [-0.39, 0.29) is 5.84 Å². The Hall–Kier alpha value is -2.71. The van der Waals surface area contributed by atoms with Crippen molar-refractivity contribution in [1.82, 2.24) is 24.7 Å². The molecule has 0 atom stereocenters. The van der Waals surface area contributed by atoms with Gasteiger partial charge in [-0.15, -0.1) is 10.2 Å². The Morgan fingerprint density at radius 1 is 1.42 bits per heavy atom. The van der Waals surface area contributed by atoms with E-state index in [1.807, 2.05) is 9.47 Å². The molecule has 3 rings (SSSR count). The molecule has 0 bridgehead atoms. The number of amidine groups is 1. The van der Waals surface area contributed by atoms with Gasteiger partial charge in [0.25, 0.3) is 0 Å². The van der Waals surface area contributed by atoms with Crippen LogP contribution in [0.3, 0.4) is 0 Å². The number of anilines is 1. The maximum Gasteiger partial charge on any atom is 0.226 e. The zero-order valence-electron chi connectivity index (χ0n) is 10.0. The molecule has 0 saturated carbocycles. The number of nitrogens with zero attached hydrogens (tertiary/aromatic N) is 7. The molecule has 2 aromatic heterocycles. The van der Waals surface area contributed by atoms with E-state index in [1.165, 1.54) is 0 Å². The SMILES string of the molecule is N/C(=N/O)c1ccnc(N2CCn3cnnc3C2)n1. The Morgan fingerprint density at radius 2 is 2.32 bits per heavy atom. The highest BCUT2D eigenvalue weighted by molar-refractivity contribution is 5.95. The first-order valence-electron chi connectivity index (χ1n) is 5.70. The van der Waals surface area contributed by atoms with E-state index in [0.717, 1.165) is 18.9 Å². The van der Waals surface area contributed by atoms with Crippen LogP contribution in [0.4, 0.5) is 5.95 Å². The van der Waals surface area contributed by atoms with Crippen molar-refractivity contribution in [2.45, 2.75) is 13.1 Å². The van der Waals surface area contributed by atoms with Gasteiger partial charge in [0.1, 0.15) is 12.0 Å². The smallest absolute Gasteiger partial charge is 0.226 e. The van der Waals surface area contributed by atoms with Gasteiger partial charge in [-0.1, -0.05) is 5.16 Å². The standard InChI is InChI=1S/C10H12N8O/c11-9(16-19)7-1-2-12-10(14-7)17-3-4-18-6-13-15-8(18)5-17/h1-2,6,19H,3-5H2,(H2,11,16). The van der Waals surface area contributed by atoms with Gasteiger partial charge in [0.2, 0.25) is 5.95 Å². The number of rotatable bonds is 2. The van der Waals surface area contributed by atoms with E-state index >= 15 is 0 Å². The Morgan fingerprint density at radius 3 is 3.16 bits per heavy atom. The number of hydrogen-bond acceptors (Lipinski definition) is 7. The Labute approximate surface area is 108 Å². The van der Waals surface area contributed by atoms with Crippen LogP contribution >= 0.6 is 0 Å². The zero-order valence-corrected chi connectivity index (χ0v) is 10.0. The van der Waals surface area contributed by atoms with Crippen molar-refractivity contribution in [3.05, 3.63) is 30.1 Å². The normalized spacial score (nSPS) is 15.4. The summed E-state index contributed by atoms with van der Waals surface area (Å²) in [6.07, 6.45) is 3.29. The van der Waals surface area contributed by atoms with Crippen LogP contribution in [0.1, 0.15) is 11.5 Å². The van der Waals surface area contributed by atoms with E-state index < -0.39 is 0 Å². The van der Waals surface area contributed by atoms with Gasteiger partial charge in [-0.05, 0) is 6.07 Å². The summed E-state index contributed by atoms with van der Waals surface area (Å²) in [4.78, 5) is 10.4. The lowest BCUT2D eigenvalue weighted by Crippen LogP contribution is -2.35. The lowest BCUT2D eigenvalue weighted by Gasteiger charge is -2.26. The quantitative estimate of drug-likeness (QED) is 0.313. The van der Waals surface area contributed by atoms with E-state index in [2.05, 4.69) is 25.3 Å². The molecule has 3 heterocycles. The molecule has 3 N–H and O–H groups in total. The molecule has 9 heteroatoms.